The molecule has 1 aromatic carbocycles. The molecule has 1 fully saturated rings. The average molecular weight is 519 g/mol. The Balaban J connectivity index is 1.76. The van der Waals surface area contributed by atoms with Gasteiger partial charge in [0.2, 0.25) is 5.91 Å². The van der Waals surface area contributed by atoms with E-state index in [1.807, 2.05) is 0 Å². The molecule has 2 heterocycles. The summed E-state index contributed by atoms with van der Waals surface area (Å²) in [7, 11) is 3.21. The highest BCUT2D eigenvalue weighted by Gasteiger charge is 2.37. The van der Waals surface area contributed by atoms with Crippen molar-refractivity contribution in [1.29, 1.82) is 0 Å². The second-order valence-corrected chi connectivity index (χ2v) is 9.33. The number of morpholine rings is 1. The lowest BCUT2D eigenvalue weighted by Gasteiger charge is -2.29. The molecule has 184 valence electrons. The molecule has 1 atom stereocenters. The van der Waals surface area contributed by atoms with Crippen molar-refractivity contribution in [3.63, 3.8) is 0 Å². The third-order valence-electron chi connectivity index (χ3n) is 5.03. The molecule has 1 saturated heterocycles. The first-order valence-electron chi connectivity index (χ1n) is 10.1. The van der Waals surface area contributed by atoms with Crippen molar-refractivity contribution in [1.82, 2.24) is 10.2 Å². The van der Waals surface area contributed by atoms with Crippen molar-refractivity contribution in [2.45, 2.75) is 12.2 Å². The molecule has 3 rings (SSSR count). The monoisotopic (exact) mass is 518 g/mol. The molecular formula is C21H22ClF3N4O4S. The molecule has 1 aromatic heterocycles. The van der Waals surface area contributed by atoms with Crippen LogP contribution < -0.4 is 15.5 Å². The van der Waals surface area contributed by atoms with E-state index in [-0.39, 0.29) is 37.7 Å². The normalized spacial score (nSPS) is 15.4. The fraction of sp³-hybridized carbons (Fsp3) is 0.381. The molecule has 2 N–H and O–H groups in total. The number of benzene rings is 1. The Morgan fingerprint density at radius 1 is 1.26 bits per heavy atom. The Morgan fingerprint density at radius 3 is 2.59 bits per heavy atom. The lowest BCUT2D eigenvalue weighted by atomic mass is 10.1. The Bertz CT molecular complexity index is 1080. The lowest BCUT2D eigenvalue weighted by molar-refractivity contribution is -0.137. The SMILES string of the molecule is CN(C)[C@@H](CNC(=O)c1ccc(Cl)s1)C(=O)Nc1ccc(N2CCOCC2=O)c(C(F)(F)F)c1. The first kappa shape index (κ1) is 25.9. The summed E-state index contributed by atoms with van der Waals surface area (Å²) in [5.41, 5.74) is -1.44. The second-order valence-electron chi connectivity index (χ2n) is 7.61. The molecule has 0 spiro atoms. The van der Waals surface area contributed by atoms with E-state index in [1.165, 1.54) is 11.0 Å². The Kier molecular flexibility index (Phi) is 8.18. The number of amides is 3. The fourth-order valence-electron chi connectivity index (χ4n) is 3.30. The zero-order valence-corrected chi connectivity index (χ0v) is 19.8. The van der Waals surface area contributed by atoms with Gasteiger partial charge in [-0.05, 0) is 44.4 Å². The van der Waals surface area contributed by atoms with Gasteiger partial charge in [-0.2, -0.15) is 13.2 Å². The fourth-order valence-corrected chi connectivity index (χ4v) is 4.26. The Morgan fingerprint density at radius 2 is 2.00 bits per heavy atom. The van der Waals surface area contributed by atoms with Gasteiger partial charge in [0.15, 0.2) is 0 Å². The highest BCUT2D eigenvalue weighted by atomic mass is 35.5. The number of anilines is 2. The zero-order valence-electron chi connectivity index (χ0n) is 18.2. The zero-order chi connectivity index (χ0) is 25.0. The third-order valence-corrected chi connectivity index (χ3v) is 6.25. The number of likely N-dealkylation sites (N-methyl/N-ethyl adjacent to an activating group) is 1. The van der Waals surface area contributed by atoms with Gasteiger partial charge >= 0.3 is 6.18 Å². The van der Waals surface area contributed by atoms with Crippen LogP contribution in [0.2, 0.25) is 4.34 Å². The molecule has 8 nitrogen and oxygen atoms in total. The van der Waals surface area contributed by atoms with Crippen LogP contribution in [0.1, 0.15) is 15.2 Å². The van der Waals surface area contributed by atoms with Crippen molar-refractivity contribution in [3.8, 4) is 0 Å². The number of alkyl halides is 3. The van der Waals surface area contributed by atoms with Crippen LogP contribution in [0.3, 0.4) is 0 Å². The van der Waals surface area contributed by atoms with Crippen molar-refractivity contribution in [2.75, 3.05) is 50.6 Å². The summed E-state index contributed by atoms with van der Waals surface area (Å²) in [4.78, 5) is 40.0. The maximum Gasteiger partial charge on any atom is 0.418 e. The average Bonchev–Trinajstić information content (AvgIpc) is 3.20. The summed E-state index contributed by atoms with van der Waals surface area (Å²) >= 11 is 6.91. The molecule has 0 aliphatic carbocycles. The van der Waals surface area contributed by atoms with Crippen molar-refractivity contribution >= 4 is 52.0 Å². The highest BCUT2D eigenvalue weighted by Crippen LogP contribution is 2.38. The minimum absolute atomic E-state index is 0.00846. The standard InChI is InChI=1S/C21H22ClF3N4O4S/c1-28(2)15(10-26-20(32)16-5-6-17(22)34-16)19(31)27-12-3-4-14(13(9-12)21(23,24)25)29-7-8-33-11-18(29)30/h3-6,9,15H,7-8,10-11H2,1-2H3,(H,26,32)(H,27,31)/t15-/m0/s1. The van der Waals surface area contributed by atoms with E-state index in [1.54, 1.807) is 26.2 Å². The smallest absolute Gasteiger partial charge is 0.370 e. The molecule has 34 heavy (non-hydrogen) atoms. The van der Waals surface area contributed by atoms with Gasteiger partial charge in [0.1, 0.15) is 12.6 Å². The number of carbonyl (C=O) groups excluding carboxylic acids is 3. The Labute approximate surface area is 202 Å². The van der Waals surface area contributed by atoms with Gasteiger partial charge in [0.25, 0.3) is 11.8 Å². The quantitative estimate of drug-likeness (QED) is 0.588. The van der Waals surface area contributed by atoms with Gasteiger partial charge < -0.3 is 20.3 Å². The minimum atomic E-state index is -4.76. The maximum absolute atomic E-state index is 13.8. The predicted molar refractivity (Wildman–Crippen MR) is 122 cm³/mol. The van der Waals surface area contributed by atoms with Crippen molar-refractivity contribution < 1.29 is 32.3 Å². The summed E-state index contributed by atoms with van der Waals surface area (Å²) in [6, 6.07) is 5.48. The number of rotatable bonds is 7. The van der Waals surface area contributed by atoms with E-state index in [0.717, 1.165) is 28.4 Å². The molecule has 0 radical (unpaired) electrons. The number of carbonyl (C=O) groups is 3. The van der Waals surface area contributed by atoms with E-state index in [0.29, 0.717) is 9.21 Å². The molecular weight excluding hydrogens is 497 g/mol. The number of ether oxygens (including phenoxy) is 1. The van der Waals surface area contributed by atoms with Crippen LogP contribution in [0.25, 0.3) is 0 Å². The second kappa shape index (κ2) is 10.7. The number of nitrogens with one attached hydrogen (secondary N) is 2. The van der Waals surface area contributed by atoms with Crippen LogP contribution in [0.4, 0.5) is 24.5 Å². The van der Waals surface area contributed by atoms with Crippen LogP contribution in [-0.4, -0.2) is 69.1 Å². The molecule has 1 aliphatic rings. The number of thiophene rings is 1. The first-order valence-corrected chi connectivity index (χ1v) is 11.3. The maximum atomic E-state index is 13.8. The highest BCUT2D eigenvalue weighted by molar-refractivity contribution is 7.18. The predicted octanol–water partition coefficient (Wildman–Crippen LogP) is 3.08. The van der Waals surface area contributed by atoms with E-state index in [4.69, 9.17) is 16.3 Å². The van der Waals surface area contributed by atoms with Gasteiger partial charge in [-0.25, -0.2) is 0 Å². The number of hydrogen-bond acceptors (Lipinski definition) is 6. The summed E-state index contributed by atoms with van der Waals surface area (Å²) in [5.74, 6) is -1.61. The van der Waals surface area contributed by atoms with Gasteiger partial charge in [-0.1, -0.05) is 11.6 Å². The topological polar surface area (TPSA) is 91.0 Å². The summed E-state index contributed by atoms with van der Waals surface area (Å²) < 4.78 is 46.7. The number of hydrogen-bond donors (Lipinski definition) is 2. The van der Waals surface area contributed by atoms with Crippen LogP contribution >= 0.6 is 22.9 Å². The van der Waals surface area contributed by atoms with E-state index in [2.05, 4.69) is 10.6 Å². The Hall–Kier alpha value is -2.67. The molecule has 0 bridgehead atoms. The molecule has 3 amide bonds. The van der Waals surface area contributed by atoms with Crippen LogP contribution in [-0.2, 0) is 20.5 Å². The van der Waals surface area contributed by atoms with Gasteiger partial charge in [0, 0.05) is 18.8 Å². The lowest BCUT2D eigenvalue weighted by Crippen LogP contribution is -2.47. The third kappa shape index (κ3) is 6.26. The van der Waals surface area contributed by atoms with Crippen molar-refractivity contribution in [2.24, 2.45) is 0 Å². The summed E-state index contributed by atoms with van der Waals surface area (Å²) in [6.07, 6.45) is -4.76. The van der Waals surface area contributed by atoms with E-state index in [9.17, 15) is 27.6 Å². The first-order chi connectivity index (χ1) is 16.0. The van der Waals surface area contributed by atoms with E-state index < -0.39 is 35.5 Å². The molecule has 2 aromatic rings. The minimum Gasteiger partial charge on any atom is -0.370 e. The van der Waals surface area contributed by atoms with Gasteiger partial charge in [0.05, 0.1) is 27.1 Å². The van der Waals surface area contributed by atoms with Gasteiger partial charge in [-0.15, -0.1) is 11.3 Å². The van der Waals surface area contributed by atoms with Gasteiger partial charge in [-0.3, -0.25) is 19.3 Å². The van der Waals surface area contributed by atoms with Crippen LogP contribution in [0, 0.1) is 0 Å². The van der Waals surface area contributed by atoms with Crippen LogP contribution in [0.5, 0.6) is 0 Å². The molecule has 0 saturated carbocycles. The summed E-state index contributed by atoms with van der Waals surface area (Å²) in [6.45, 7) is -0.274. The molecule has 13 heteroatoms. The largest absolute Gasteiger partial charge is 0.418 e. The molecule has 0 unspecified atom stereocenters. The number of halogens is 4. The summed E-state index contributed by atoms with van der Waals surface area (Å²) in [5, 5.41) is 5.09. The van der Waals surface area contributed by atoms with Crippen molar-refractivity contribution in [3.05, 3.63) is 45.1 Å². The van der Waals surface area contributed by atoms with E-state index >= 15 is 0 Å². The number of nitrogens with zero attached hydrogens (tertiary/aromatic N) is 2. The van der Waals surface area contributed by atoms with Crippen LogP contribution in [0.15, 0.2) is 30.3 Å². The molecule has 1 aliphatic heterocycles.